The van der Waals surface area contributed by atoms with Crippen molar-refractivity contribution in [2.75, 3.05) is 44.8 Å². The molecule has 324 valence electrons. The summed E-state index contributed by atoms with van der Waals surface area (Å²) in [6.07, 6.45) is 10.1. The molecule has 13 nitrogen and oxygen atoms in total. The quantitative estimate of drug-likeness (QED) is 0.0913. The van der Waals surface area contributed by atoms with E-state index < -0.39 is 31.4 Å². The number of H-pyrrole nitrogens is 1. The van der Waals surface area contributed by atoms with E-state index in [1.807, 2.05) is 6.07 Å². The number of halogens is 2. The third kappa shape index (κ3) is 9.41. The summed E-state index contributed by atoms with van der Waals surface area (Å²) in [5.41, 5.74) is 5.17. The first-order valence-corrected chi connectivity index (χ1v) is 22.5. The van der Waals surface area contributed by atoms with E-state index in [1.165, 1.54) is 36.0 Å². The molecule has 0 bridgehead atoms. The van der Waals surface area contributed by atoms with Crippen molar-refractivity contribution < 1.29 is 32.0 Å². The smallest absolute Gasteiger partial charge is 0.293 e. The van der Waals surface area contributed by atoms with Gasteiger partial charge in [0.15, 0.2) is 0 Å². The summed E-state index contributed by atoms with van der Waals surface area (Å²) in [6, 6.07) is 17.1. The third-order valence-corrected chi connectivity index (χ3v) is 13.7. The van der Waals surface area contributed by atoms with Crippen LogP contribution in [0.5, 0.6) is 11.5 Å². The Morgan fingerprint density at radius 3 is 2.66 bits per heavy atom. The highest BCUT2D eigenvalue weighted by molar-refractivity contribution is 7.90. The number of carbonyl (C=O) groups is 1. The zero-order valence-corrected chi connectivity index (χ0v) is 36.3. The van der Waals surface area contributed by atoms with Crippen molar-refractivity contribution in [3.8, 4) is 11.5 Å². The van der Waals surface area contributed by atoms with Gasteiger partial charge in [-0.2, -0.15) is 0 Å². The summed E-state index contributed by atoms with van der Waals surface area (Å²) in [5.74, 6) is -0.868. The number of aromatic amines is 1. The van der Waals surface area contributed by atoms with E-state index >= 15 is 4.39 Å². The van der Waals surface area contributed by atoms with Gasteiger partial charge in [-0.05, 0) is 109 Å². The molecule has 1 saturated heterocycles. The minimum absolute atomic E-state index is 0.0180. The van der Waals surface area contributed by atoms with Crippen molar-refractivity contribution in [1.29, 1.82) is 0 Å². The van der Waals surface area contributed by atoms with Crippen LogP contribution in [0, 0.1) is 21.3 Å². The average molecular weight is 883 g/mol. The van der Waals surface area contributed by atoms with Crippen molar-refractivity contribution in [2.45, 2.75) is 63.3 Å². The molecule has 3 aliphatic rings. The van der Waals surface area contributed by atoms with Gasteiger partial charge in [-0.3, -0.25) is 19.8 Å². The number of carbonyl (C=O) groups excluding carboxylic acids is 1. The number of hydrogen-bond donors (Lipinski definition) is 2. The van der Waals surface area contributed by atoms with E-state index in [9.17, 15) is 23.3 Å². The van der Waals surface area contributed by atoms with Gasteiger partial charge in [0.25, 0.3) is 21.6 Å². The number of anilines is 1. The number of ether oxygens (including phenoxy) is 2. The molecule has 2 aromatic heterocycles. The monoisotopic (exact) mass is 882 g/mol. The number of rotatable bonds is 12. The number of pyridine rings is 1. The molecule has 0 atom stereocenters. The van der Waals surface area contributed by atoms with E-state index in [2.05, 4.69) is 39.5 Å². The van der Waals surface area contributed by atoms with E-state index in [4.69, 9.17) is 21.1 Å². The number of allylic oxidation sites excluding steroid dienone is 1. The van der Waals surface area contributed by atoms with Gasteiger partial charge in [-0.1, -0.05) is 49.2 Å². The summed E-state index contributed by atoms with van der Waals surface area (Å²) in [7, 11) is -2.85. The third-order valence-electron chi connectivity index (χ3n) is 12.1. The number of nitrogens with one attached hydrogen (secondary N) is 2. The first-order chi connectivity index (χ1) is 29.6. The molecular formula is C46H48ClFN6O7S. The molecule has 1 aliphatic carbocycles. The van der Waals surface area contributed by atoms with Crippen molar-refractivity contribution in [1.82, 2.24) is 19.6 Å². The molecule has 0 spiro atoms. The van der Waals surface area contributed by atoms with E-state index in [-0.39, 0.29) is 34.3 Å². The van der Waals surface area contributed by atoms with Crippen LogP contribution in [0.4, 0.5) is 15.8 Å². The number of nitro benzene ring substituents is 1. The van der Waals surface area contributed by atoms with Crippen LogP contribution in [0.25, 0.3) is 22.2 Å². The van der Waals surface area contributed by atoms with Gasteiger partial charge in [0, 0.05) is 74.2 Å². The SMILES string of the molecule is CN(c1ccc(S(=O)(=O)NC(=O)c2ccc(C3=CCN(CC4=C(c5ccc(Cl)cc5F)CC(C)(C)CC4)CC3)cc2Oc2cnc3[nH]ccc3c2)cc1[N+](=O)[O-])C1CCOCC1. The molecule has 4 heterocycles. The second kappa shape index (κ2) is 17.6. The molecule has 3 aromatic carbocycles. The van der Waals surface area contributed by atoms with Crippen molar-refractivity contribution >= 4 is 61.1 Å². The molecular weight excluding hydrogens is 835 g/mol. The van der Waals surface area contributed by atoms with Gasteiger partial charge in [-0.15, -0.1) is 0 Å². The number of fused-ring (bicyclic) bond motifs is 1. The van der Waals surface area contributed by atoms with Gasteiger partial charge < -0.3 is 19.4 Å². The summed E-state index contributed by atoms with van der Waals surface area (Å²) in [4.78, 5) is 36.7. The second-order valence-electron chi connectivity index (χ2n) is 17.0. The summed E-state index contributed by atoms with van der Waals surface area (Å²) in [6.45, 7) is 7.55. The summed E-state index contributed by atoms with van der Waals surface area (Å²) < 4.78 is 56.5. The fraction of sp³-hybridized carbons (Fsp3) is 0.348. The Morgan fingerprint density at radius 2 is 1.92 bits per heavy atom. The minimum Gasteiger partial charge on any atom is -0.455 e. The number of benzene rings is 3. The Bertz CT molecular complexity index is 2730. The van der Waals surface area contributed by atoms with Crippen molar-refractivity contribution in [3.05, 3.63) is 128 Å². The summed E-state index contributed by atoms with van der Waals surface area (Å²) >= 11 is 6.10. The van der Waals surface area contributed by atoms with E-state index in [1.54, 1.807) is 48.5 Å². The zero-order valence-electron chi connectivity index (χ0n) is 34.7. The molecule has 1 amide bonds. The molecule has 0 unspecified atom stereocenters. The maximum atomic E-state index is 15.2. The van der Waals surface area contributed by atoms with Gasteiger partial charge >= 0.3 is 0 Å². The predicted molar refractivity (Wildman–Crippen MR) is 238 cm³/mol. The Kier molecular flexibility index (Phi) is 12.2. The van der Waals surface area contributed by atoms with Gasteiger partial charge in [0.1, 0.15) is 28.7 Å². The van der Waals surface area contributed by atoms with Crippen LogP contribution in [0.15, 0.2) is 95.7 Å². The fourth-order valence-corrected chi connectivity index (χ4v) is 9.77. The van der Waals surface area contributed by atoms with Crippen LogP contribution < -0.4 is 14.4 Å². The highest BCUT2D eigenvalue weighted by atomic mass is 35.5. The molecule has 2 aliphatic heterocycles. The topological polar surface area (TPSA) is 160 Å². The molecule has 8 rings (SSSR count). The zero-order chi connectivity index (χ0) is 43.8. The lowest BCUT2D eigenvalue weighted by Crippen LogP contribution is -2.37. The molecule has 0 radical (unpaired) electrons. The van der Waals surface area contributed by atoms with Gasteiger partial charge in [0.2, 0.25) is 0 Å². The standard InChI is InChI=1S/C46H48ClFN6O7S/c1-46(2)16-10-32(39(26-46)37-8-5-33(47)24-40(37)48)28-53-18-12-29(13-19-53)30-4-7-38(43(23-30)61-35-22-31-11-17-49-44(31)50-27-35)45(55)51-62(58,59)36-6-9-41(42(25-36)54(56)57)52(3)34-14-20-60-21-15-34/h4-9,11-12,17,22-25,27,34H,10,13-16,18-21,26,28H2,1-3H3,(H,49,50)(H,51,55). The van der Waals surface area contributed by atoms with Crippen molar-refractivity contribution in [2.24, 2.45) is 5.41 Å². The molecule has 1 fully saturated rings. The number of sulfonamides is 1. The number of nitrogens with zero attached hydrogens (tertiary/aromatic N) is 4. The van der Waals surface area contributed by atoms with Crippen LogP contribution in [0.2, 0.25) is 5.02 Å². The Balaban J connectivity index is 1.05. The Morgan fingerprint density at radius 1 is 1.11 bits per heavy atom. The van der Waals surface area contributed by atoms with Gasteiger partial charge in [-0.25, -0.2) is 22.5 Å². The largest absolute Gasteiger partial charge is 0.455 e. The fourth-order valence-electron chi connectivity index (χ4n) is 8.63. The molecule has 2 N–H and O–H groups in total. The first-order valence-electron chi connectivity index (χ1n) is 20.6. The highest BCUT2D eigenvalue weighted by Gasteiger charge is 2.32. The van der Waals surface area contributed by atoms with Crippen LogP contribution in [0.3, 0.4) is 0 Å². The van der Waals surface area contributed by atoms with Gasteiger partial charge in [0.05, 0.1) is 21.6 Å². The number of amides is 1. The minimum atomic E-state index is -4.59. The summed E-state index contributed by atoms with van der Waals surface area (Å²) in [5, 5.41) is 13.4. The van der Waals surface area contributed by atoms with E-state index in [0.29, 0.717) is 67.5 Å². The molecule has 5 aromatic rings. The number of hydrogen-bond acceptors (Lipinski definition) is 10. The van der Waals surface area contributed by atoms with Crippen LogP contribution in [-0.4, -0.2) is 80.1 Å². The number of aromatic nitrogens is 2. The lowest BCUT2D eigenvalue weighted by molar-refractivity contribution is -0.384. The van der Waals surface area contributed by atoms with Crippen molar-refractivity contribution in [3.63, 3.8) is 0 Å². The Hall–Kier alpha value is -5.61. The van der Waals surface area contributed by atoms with Crippen LogP contribution in [-0.2, 0) is 14.8 Å². The van der Waals surface area contributed by atoms with E-state index in [0.717, 1.165) is 54.0 Å². The average Bonchev–Trinajstić information content (AvgIpc) is 3.72. The molecule has 62 heavy (non-hydrogen) atoms. The lowest BCUT2D eigenvalue weighted by Gasteiger charge is -2.36. The molecule has 0 saturated carbocycles. The number of nitro groups is 1. The Labute approximate surface area is 364 Å². The maximum Gasteiger partial charge on any atom is 0.293 e. The lowest BCUT2D eigenvalue weighted by atomic mass is 9.72. The van der Waals surface area contributed by atoms with Crippen LogP contribution in [0.1, 0.15) is 73.9 Å². The normalized spacial score (nSPS) is 17.5. The predicted octanol–water partition coefficient (Wildman–Crippen LogP) is 9.54. The first kappa shape index (κ1) is 43.1. The highest BCUT2D eigenvalue weighted by Crippen LogP contribution is 2.44. The maximum absolute atomic E-state index is 15.2. The second-order valence-corrected chi connectivity index (χ2v) is 19.1. The van der Waals surface area contributed by atoms with Crippen LogP contribution >= 0.6 is 11.6 Å². The molecule has 16 heteroatoms.